The van der Waals surface area contributed by atoms with Crippen molar-refractivity contribution >= 4 is 36.6 Å². The first-order valence-corrected chi connectivity index (χ1v) is 6.38. The van der Waals surface area contributed by atoms with E-state index in [1.165, 1.54) is 6.07 Å². The average molecular weight is 229 g/mol. The molecule has 0 N–H and O–H groups in total. The number of halogens is 2. The van der Waals surface area contributed by atoms with Crippen LogP contribution in [0.3, 0.4) is 0 Å². The van der Waals surface area contributed by atoms with E-state index in [2.05, 4.69) is 0 Å². The molecule has 0 radical (unpaired) electrons. The van der Waals surface area contributed by atoms with Crippen molar-refractivity contribution in [3.05, 3.63) is 30.1 Å². The van der Waals surface area contributed by atoms with E-state index in [-0.39, 0.29) is 41.3 Å². The molecule has 0 saturated heterocycles. The fourth-order valence-corrected chi connectivity index (χ4v) is 2.11. The van der Waals surface area contributed by atoms with Crippen LogP contribution in [-0.2, 0) is 0 Å². The molecule has 1 rings (SSSR count). The maximum Gasteiger partial charge on any atom is 2.00 e. The molecular weight excluding hydrogens is 219 g/mol. The van der Waals surface area contributed by atoms with E-state index < -0.39 is 8.32 Å². The zero-order valence-corrected chi connectivity index (χ0v) is 10.9. The van der Waals surface area contributed by atoms with Crippen LogP contribution in [0.2, 0.25) is 13.1 Å². The van der Waals surface area contributed by atoms with Crippen molar-refractivity contribution in [2.24, 2.45) is 0 Å². The Bertz CT molecular complexity index is 265. The Hall–Kier alpha value is 0.383. The van der Waals surface area contributed by atoms with Gasteiger partial charge in [-0.25, -0.2) is 4.39 Å². The molecule has 0 aliphatic rings. The van der Waals surface area contributed by atoms with Crippen LogP contribution in [0.1, 0.15) is 0 Å². The fraction of sp³-hybridized carbons (Fsp3) is 0.250. The van der Waals surface area contributed by atoms with Gasteiger partial charge in [-0.15, -0.1) is 0 Å². The zero-order valence-electron chi connectivity index (χ0n) is 7.68. The molecular formula is C8H10ClFMgOSi. The first-order valence-electron chi connectivity index (χ1n) is 3.47. The van der Waals surface area contributed by atoms with E-state index >= 15 is 0 Å². The van der Waals surface area contributed by atoms with Crippen molar-refractivity contribution in [1.82, 2.24) is 0 Å². The first kappa shape index (κ1) is 15.8. The SMILES string of the molecule is C[Si](C)([O-])c1ccccc1F.[Cl-].[Mg+2]. The summed E-state index contributed by atoms with van der Waals surface area (Å²) in [6.07, 6.45) is 0. The van der Waals surface area contributed by atoms with Crippen LogP contribution in [0.15, 0.2) is 24.3 Å². The molecule has 13 heavy (non-hydrogen) atoms. The maximum atomic E-state index is 12.9. The van der Waals surface area contributed by atoms with E-state index in [1.807, 2.05) is 0 Å². The van der Waals surface area contributed by atoms with Gasteiger partial charge in [-0.1, -0.05) is 31.3 Å². The molecule has 0 saturated carbocycles. The summed E-state index contributed by atoms with van der Waals surface area (Å²) in [5.41, 5.74) is 0. The Balaban J connectivity index is 0. The van der Waals surface area contributed by atoms with Gasteiger partial charge in [0.05, 0.1) is 0 Å². The molecule has 0 fully saturated rings. The minimum atomic E-state index is -2.70. The quantitative estimate of drug-likeness (QED) is 0.478. The van der Waals surface area contributed by atoms with Crippen molar-refractivity contribution in [2.75, 3.05) is 0 Å². The van der Waals surface area contributed by atoms with Crippen LogP contribution in [0, 0.1) is 5.82 Å². The molecule has 1 aromatic rings. The van der Waals surface area contributed by atoms with E-state index in [9.17, 15) is 9.19 Å². The summed E-state index contributed by atoms with van der Waals surface area (Å²) in [5.74, 6) is -0.362. The summed E-state index contributed by atoms with van der Waals surface area (Å²) >= 11 is 0. The van der Waals surface area contributed by atoms with E-state index in [0.29, 0.717) is 5.19 Å². The molecule has 0 unspecified atom stereocenters. The monoisotopic (exact) mass is 228 g/mol. The number of hydrogen-bond acceptors (Lipinski definition) is 1. The molecule has 5 heteroatoms. The molecule has 0 aliphatic carbocycles. The predicted molar refractivity (Wildman–Crippen MR) is 49.3 cm³/mol. The van der Waals surface area contributed by atoms with Gasteiger partial charge in [0, 0.05) is 0 Å². The summed E-state index contributed by atoms with van der Waals surface area (Å²) in [6, 6.07) is 6.21. The van der Waals surface area contributed by atoms with E-state index in [4.69, 9.17) is 0 Å². The number of hydrogen-bond donors (Lipinski definition) is 0. The number of rotatable bonds is 1. The third-order valence-electron chi connectivity index (χ3n) is 1.52. The predicted octanol–water partition coefficient (Wildman–Crippen LogP) is -2.78. The summed E-state index contributed by atoms with van der Waals surface area (Å²) < 4.78 is 12.9. The molecule has 0 aromatic heterocycles. The molecule has 1 nitrogen and oxygen atoms in total. The van der Waals surface area contributed by atoms with Crippen molar-refractivity contribution in [2.45, 2.75) is 13.1 Å². The van der Waals surface area contributed by atoms with Crippen molar-refractivity contribution in [3.8, 4) is 0 Å². The summed E-state index contributed by atoms with van der Waals surface area (Å²) in [4.78, 5) is 11.4. The zero-order chi connectivity index (χ0) is 8.48. The maximum absolute atomic E-state index is 12.9. The molecule has 0 aliphatic heterocycles. The van der Waals surface area contributed by atoms with Crippen LogP contribution < -0.4 is 22.4 Å². The van der Waals surface area contributed by atoms with Crippen LogP contribution in [0.5, 0.6) is 0 Å². The molecule has 0 atom stereocenters. The van der Waals surface area contributed by atoms with Gasteiger partial charge in [0.25, 0.3) is 0 Å². The summed E-state index contributed by atoms with van der Waals surface area (Å²) in [6.45, 7) is 3.18. The normalized spacial score (nSPS) is 9.85. The average Bonchev–Trinajstić information content (AvgIpc) is 1.86. The van der Waals surface area contributed by atoms with Crippen LogP contribution >= 0.6 is 0 Å². The Kier molecular flexibility index (Phi) is 7.28. The van der Waals surface area contributed by atoms with E-state index in [0.717, 1.165) is 0 Å². The molecule has 0 amide bonds. The molecule has 68 valence electrons. The van der Waals surface area contributed by atoms with Crippen LogP contribution in [0.4, 0.5) is 4.39 Å². The molecule has 0 heterocycles. The Morgan fingerprint density at radius 2 is 1.69 bits per heavy atom. The summed E-state index contributed by atoms with van der Waals surface area (Å²) in [5, 5.41) is 0.361. The smallest absolute Gasteiger partial charge is 1.00 e. The Morgan fingerprint density at radius 3 is 2.00 bits per heavy atom. The topological polar surface area (TPSA) is 23.1 Å². The van der Waals surface area contributed by atoms with Crippen LogP contribution in [0.25, 0.3) is 0 Å². The van der Waals surface area contributed by atoms with Gasteiger partial charge in [0.2, 0.25) is 0 Å². The molecule has 0 spiro atoms. The van der Waals surface area contributed by atoms with Gasteiger partial charge in [0.1, 0.15) is 5.82 Å². The van der Waals surface area contributed by atoms with Crippen molar-refractivity contribution in [3.63, 3.8) is 0 Å². The minimum absolute atomic E-state index is 0. The van der Waals surface area contributed by atoms with Gasteiger partial charge in [0.15, 0.2) is 0 Å². The van der Waals surface area contributed by atoms with Crippen molar-refractivity contribution in [1.29, 1.82) is 0 Å². The van der Waals surface area contributed by atoms with Gasteiger partial charge in [-0.05, 0) is 19.6 Å². The largest absolute Gasteiger partial charge is 2.00 e. The summed E-state index contributed by atoms with van der Waals surface area (Å²) in [7, 11) is -2.70. The number of benzene rings is 1. The van der Waals surface area contributed by atoms with Crippen LogP contribution in [-0.4, -0.2) is 31.4 Å². The first-order chi connectivity index (χ1) is 5.02. The Labute approximate surface area is 101 Å². The van der Waals surface area contributed by atoms with Crippen molar-refractivity contribution < 1.29 is 21.6 Å². The Morgan fingerprint density at radius 1 is 1.23 bits per heavy atom. The molecule has 0 bridgehead atoms. The van der Waals surface area contributed by atoms with E-state index in [1.54, 1.807) is 31.3 Å². The standard InChI is InChI=1S/C8H10FOSi.ClH.Mg/c1-11(2,10)8-6-4-3-5-7(8)9;;/h3-6H,1-2H3;1H;/q-1;;+2/p-1. The van der Waals surface area contributed by atoms with Gasteiger partial charge in [-0.2, -0.15) is 0 Å². The third kappa shape index (κ3) is 4.42. The van der Waals surface area contributed by atoms with Gasteiger partial charge >= 0.3 is 23.1 Å². The second-order valence-corrected chi connectivity index (χ2v) is 6.55. The fourth-order valence-electron chi connectivity index (χ4n) is 0.949. The van der Waals surface area contributed by atoms with Gasteiger partial charge < -0.3 is 17.2 Å². The second kappa shape index (κ2) is 5.98. The molecule has 1 aromatic carbocycles. The third-order valence-corrected chi connectivity index (χ3v) is 3.23. The minimum Gasteiger partial charge on any atom is -1.00 e. The second-order valence-electron chi connectivity index (χ2n) is 2.99. The van der Waals surface area contributed by atoms with Gasteiger partial charge in [-0.3, -0.25) is 0 Å².